The Morgan fingerprint density at radius 2 is 2.12 bits per heavy atom. The second-order valence-corrected chi connectivity index (χ2v) is 5.70. The van der Waals surface area contributed by atoms with E-state index in [-0.39, 0.29) is 11.8 Å². The number of fused-ring (bicyclic) bond motifs is 1. The molecule has 0 spiro atoms. The van der Waals surface area contributed by atoms with Crippen LogP contribution in [0, 0.1) is 0 Å². The van der Waals surface area contributed by atoms with Gasteiger partial charge in [-0.1, -0.05) is 27.5 Å². The van der Waals surface area contributed by atoms with Gasteiger partial charge in [-0.2, -0.15) is 0 Å². The molecule has 1 amide bonds. The molecule has 0 radical (unpaired) electrons. The molecule has 1 heterocycles. The summed E-state index contributed by atoms with van der Waals surface area (Å²) in [5.41, 5.74) is 0.964. The molecule has 0 saturated carbocycles. The number of likely N-dealkylation sites (N-methyl/N-ethyl adjacent to an activating group) is 1. The Kier molecular flexibility index (Phi) is 2.97. The van der Waals surface area contributed by atoms with Gasteiger partial charge in [0, 0.05) is 17.4 Å². The zero-order valence-electron chi connectivity index (χ0n) is 8.85. The van der Waals surface area contributed by atoms with Crippen LogP contribution in [-0.2, 0) is 10.2 Å². The van der Waals surface area contributed by atoms with Crippen LogP contribution in [-0.4, -0.2) is 18.8 Å². The Morgan fingerprint density at radius 1 is 1.50 bits per heavy atom. The van der Waals surface area contributed by atoms with Crippen LogP contribution in [0.2, 0.25) is 5.02 Å². The Labute approximate surface area is 113 Å². The van der Waals surface area contributed by atoms with Gasteiger partial charge in [-0.25, -0.2) is 0 Å². The molecule has 1 unspecified atom stereocenters. The first-order chi connectivity index (χ1) is 7.41. The number of amides is 1. The van der Waals surface area contributed by atoms with Crippen molar-refractivity contribution in [3.63, 3.8) is 0 Å². The maximum Gasteiger partial charge on any atom is 0.238 e. The van der Waals surface area contributed by atoms with E-state index in [0.717, 1.165) is 15.7 Å². The van der Waals surface area contributed by atoms with E-state index in [9.17, 15) is 4.79 Å². The van der Waals surface area contributed by atoms with Crippen molar-refractivity contribution in [1.82, 2.24) is 0 Å². The van der Waals surface area contributed by atoms with Crippen LogP contribution in [0.5, 0.6) is 0 Å². The number of hydrogen-bond donors (Lipinski definition) is 0. The molecule has 0 saturated heterocycles. The number of alkyl halides is 1. The van der Waals surface area contributed by atoms with Gasteiger partial charge in [0.1, 0.15) is 0 Å². The number of benzene rings is 1. The van der Waals surface area contributed by atoms with Crippen LogP contribution in [0.3, 0.4) is 0 Å². The fourth-order valence-corrected chi connectivity index (χ4v) is 3.24. The highest BCUT2D eigenvalue weighted by Crippen LogP contribution is 2.46. The summed E-state index contributed by atoms with van der Waals surface area (Å²) in [6.45, 7) is 1.84. The third kappa shape index (κ3) is 1.49. The van der Waals surface area contributed by atoms with E-state index in [0.29, 0.717) is 5.02 Å². The van der Waals surface area contributed by atoms with Crippen LogP contribution >= 0.6 is 39.1 Å². The normalized spacial score (nSPS) is 23.8. The molecular weight excluding hydrogens is 313 g/mol. The Morgan fingerprint density at radius 3 is 2.69 bits per heavy atom. The van der Waals surface area contributed by atoms with Crippen molar-refractivity contribution in [3.05, 3.63) is 27.2 Å². The Balaban J connectivity index is 2.75. The molecule has 0 aromatic heterocycles. The summed E-state index contributed by atoms with van der Waals surface area (Å²) in [4.78, 5) is 13.7. The lowest BCUT2D eigenvalue weighted by atomic mass is 9.86. The standard InChI is InChI=1S/C11H10BrCl2NO/c1-11(5-13)7-3-6(12)4-8(14)9(7)15(2)10(11)16/h3-4H,5H2,1-2H3. The first kappa shape index (κ1) is 12.2. The third-order valence-electron chi connectivity index (χ3n) is 3.00. The fourth-order valence-electron chi connectivity index (χ4n) is 2.04. The largest absolute Gasteiger partial charge is 0.313 e. The third-order valence-corrected chi connectivity index (χ3v) is 4.28. The number of anilines is 1. The number of nitrogens with zero attached hydrogens (tertiary/aromatic N) is 1. The lowest BCUT2D eigenvalue weighted by molar-refractivity contribution is -0.121. The van der Waals surface area contributed by atoms with Gasteiger partial charge in [0.25, 0.3) is 0 Å². The van der Waals surface area contributed by atoms with Gasteiger partial charge < -0.3 is 4.90 Å². The molecule has 1 aromatic rings. The maximum absolute atomic E-state index is 12.1. The van der Waals surface area contributed by atoms with Crippen LogP contribution in [0.15, 0.2) is 16.6 Å². The Hall–Kier alpha value is -0.250. The summed E-state index contributed by atoms with van der Waals surface area (Å²) in [5.74, 6) is 0.230. The molecule has 0 N–H and O–H groups in total. The van der Waals surface area contributed by atoms with Crippen molar-refractivity contribution in [3.8, 4) is 0 Å². The number of hydrogen-bond acceptors (Lipinski definition) is 1. The number of carbonyl (C=O) groups is 1. The van der Waals surface area contributed by atoms with Gasteiger partial charge in [-0.15, -0.1) is 11.6 Å². The highest BCUT2D eigenvalue weighted by molar-refractivity contribution is 9.10. The summed E-state index contributed by atoms with van der Waals surface area (Å²) in [5, 5.41) is 0.564. The fraction of sp³-hybridized carbons (Fsp3) is 0.364. The number of halogens is 3. The van der Waals surface area contributed by atoms with Crippen LogP contribution < -0.4 is 4.90 Å². The SMILES string of the molecule is CN1C(=O)C(C)(CCl)c2cc(Br)cc(Cl)c21. The minimum atomic E-state index is -0.681. The molecule has 1 aliphatic heterocycles. The summed E-state index contributed by atoms with van der Waals surface area (Å²) < 4.78 is 0.857. The van der Waals surface area contributed by atoms with E-state index < -0.39 is 5.41 Å². The van der Waals surface area contributed by atoms with Crippen molar-refractivity contribution in [2.75, 3.05) is 17.8 Å². The molecule has 1 atom stereocenters. The van der Waals surface area contributed by atoms with Crippen LogP contribution in [0.1, 0.15) is 12.5 Å². The molecule has 0 aliphatic carbocycles. The summed E-state index contributed by atoms with van der Waals surface area (Å²) in [6, 6.07) is 3.69. The van der Waals surface area contributed by atoms with Crippen molar-refractivity contribution in [2.24, 2.45) is 0 Å². The van der Waals surface area contributed by atoms with E-state index in [2.05, 4.69) is 15.9 Å². The lowest BCUT2D eigenvalue weighted by Gasteiger charge is -2.19. The molecule has 2 rings (SSSR count). The molecule has 1 aliphatic rings. The number of carbonyl (C=O) groups excluding carboxylic acids is 1. The second kappa shape index (κ2) is 3.90. The first-order valence-electron chi connectivity index (χ1n) is 4.75. The van der Waals surface area contributed by atoms with Gasteiger partial charge in [0.15, 0.2) is 0 Å². The first-order valence-corrected chi connectivity index (χ1v) is 6.46. The van der Waals surface area contributed by atoms with E-state index >= 15 is 0 Å². The number of rotatable bonds is 1. The summed E-state index contributed by atoms with van der Waals surface area (Å²) in [7, 11) is 1.72. The predicted molar refractivity (Wildman–Crippen MR) is 70.6 cm³/mol. The van der Waals surface area contributed by atoms with Gasteiger partial charge in [0.05, 0.1) is 16.1 Å². The Bertz CT molecular complexity index is 477. The molecule has 2 nitrogen and oxygen atoms in total. The minimum absolute atomic E-state index is 0.0162. The van der Waals surface area contributed by atoms with Gasteiger partial charge in [-0.05, 0) is 24.6 Å². The van der Waals surface area contributed by atoms with Crippen LogP contribution in [0.25, 0.3) is 0 Å². The highest BCUT2D eigenvalue weighted by Gasteiger charge is 2.46. The van der Waals surface area contributed by atoms with Crippen molar-refractivity contribution >= 4 is 50.7 Å². The molecular formula is C11H10BrCl2NO. The van der Waals surface area contributed by atoms with Gasteiger partial charge >= 0.3 is 0 Å². The smallest absolute Gasteiger partial charge is 0.238 e. The predicted octanol–water partition coefficient (Wildman–Crippen LogP) is 3.58. The average Bonchev–Trinajstić information content (AvgIpc) is 2.42. The van der Waals surface area contributed by atoms with E-state index in [1.165, 1.54) is 0 Å². The van der Waals surface area contributed by atoms with Crippen LogP contribution in [0.4, 0.5) is 5.69 Å². The zero-order valence-corrected chi connectivity index (χ0v) is 11.9. The van der Waals surface area contributed by atoms with Crippen molar-refractivity contribution in [1.29, 1.82) is 0 Å². The topological polar surface area (TPSA) is 20.3 Å². The molecule has 1 aromatic carbocycles. The maximum atomic E-state index is 12.1. The second-order valence-electron chi connectivity index (χ2n) is 4.11. The van der Waals surface area contributed by atoms with Crippen molar-refractivity contribution < 1.29 is 4.79 Å². The molecule has 0 fully saturated rings. The highest BCUT2D eigenvalue weighted by atomic mass is 79.9. The van der Waals surface area contributed by atoms with E-state index in [4.69, 9.17) is 23.2 Å². The summed E-state index contributed by atoms with van der Waals surface area (Å²) in [6.07, 6.45) is 0. The van der Waals surface area contributed by atoms with Gasteiger partial charge in [-0.3, -0.25) is 4.79 Å². The van der Waals surface area contributed by atoms with E-state index in [1.807, 2.05) is 13.0 Å². The lowest BCUT2D eigenvalue weighted by Crippen LogP contribution is -2.37. The molecule has 0 bridgehead atoms. The quantitative estimate of drug-likeness (QED) is 0.724. The molecule has 16 heavy (non-hydrogen) atoms. The van der Waals surface area contributed by atoms with E-state index in [1.54, 1.807) is 18.0 Å². The van der Waals surface area contributed by atoms with Gasteiger partial charge in [0.2, 0.25) is 5.91 Å². The molecule has 5 heteroatoms. The summed E-state index contributed by atoms with van der Waals surface area (Å²) >= 11 is 15.5. The van der Waals surface area contributed by atoms with Crippen molar-refractivity contribution in [2.45, 2.75) is 12.3 Å². The zero-order chi connectivity index (χ0) is 12.1. The minimum Gasteiger partial charge on any atom is -0.313 e. The average molecular weight is 323 g/mol. The monoisotopic (exact) mass is 321 g/mol. The molecule has 86 valence electrons.